The summed E-state index contributed by atoms with van der Waals surface area (Å²) in [6.45, 7) is 0.487. The first kappa shape index (κ1) is 15.7. The topological polar surface area (TPSA) is 81.9 Å². The molecule has 0 bridgehead atoms. The number of hydrogen-bond donors (Lipinski definition) is 0. The first-order valence-corrected chi connectivity index (χ1v) is 7.09. The maximum Gasteiger partial charge on any atom is 0.274 e. The van der Waals surface area contributed by atoms with Crippen LogP contribution < -0.4 is 14.4 Å². The number of carbonyl (C=O) groups is 1. The second-order valence-electron chi connectivity index (χ2n) is 5.12. The van der Waals surface area contributed by atoms with Crippen molar-refractivity contribution in [2.45, 2.75) is 0 Å². The van der Waals surface area contributed by atoms with Gasteiger partial charge in [-0.15, -0.1) is 0 Å². The summed E-state index contributed by atoms with van der Waals surface area (Å²) < 4.78 is 23.8. The largest absolute Gasteiger partial charge is 0.486 e. The molecule has 2 aromatic carbocycles. The third-order valence-corrected chi connectivity index (χ3v) is 3.59. The summed E-state index contributed by atoms with van der Waals surface area (Å²) in [5.41, 5.74) is 0.194. The number of amides is 1. The Bertz CT molecular complexity index is 807. The SMILES string of the molecule is CN(C(=O)c1cc([N+](=O)[O-])cc2c1OCCO2)c1ccc(F)cc1. The van der Waals surface area contributed by atoms with Crippen molar-refractivity contribution in [1.82, 2.24) is 0 Å². The number of rotatable bonds is 3. The summed E-state index contributed by atoms with van der Waals surface area (Å²) in [6, 6.07) is 7.70. The van der Waals surface area contributed by atoms with Gasteiger partial charge in [0.1, 0.15) is 19.0 Å². The molecule has 0 aliphatic carbocycles. The predicted octanol–water partition coefficient (Wildman–Crippen LogP) is 2.78. The van der Waals surface area contributed by atoms with Crippen LogP contribution in [0, 0.1) is 15.9 Å². The zero-order valence-corrected chi connectivity index (χ0v) is 12.7. The molecule has 124 valence electrons. The van der Waals surface area contributed by atoms with Crippen molar-refractivity contribution < 1.29 is 23.6 Å². The summed E-state index contributed by atoms with van der Waals surface area (Å²) in [5, 5.41) is 11.1. The number of nitro groups is 1. The van der Waals surface area contributed by atoms with Gasteiger partial charge in [-0.3, -0.25) is 14.9 Å². The Hall–Kier alpha value is -3.16. The fourth-order valence-corrected chi connectivity index (χ4v) is 2.37. The lowest BCUT2D eigenvalue weighted by molar-refractivity contribution is -0.385. The van der Waals surface area contributed by atoms with Gasteiger partial charge in [-0.25, -0.2) is 4.39 Å². The van der Waals surface area contributed by atoms with Crippen molar-refractivity contribution in [2.24, 2.45) is 0 Å². The lowest BCUT2D eigenvalue weighted by Gasteiger charge is -2.23. The molecule has 0 atom stereocenters. The van der Waals surface area contributed by atoms with Gasteiger partial charge in [0.15, 0.2) is 11.5 Å². The molecule has 0 spiro atoms. The molecule has 1 amide bonds. The van der Waals surface area contributed by atoms with E-state index >= 15 is 0 Å². The molecule has 0 aromatic heterocycles. The van der Waals surface area contributed by atoms with Gasteiger partial charge < -0.3 is 14.4 Å². The smallest absolute Gasteiger partial charge is 0.274 e. The fourth-order valence-electron chi connectivity index (χ4n) is 2.37. The van der Waals surface area contributed by atoms with Crippen LogP contribution >= 0.6 is 0 Å². The highest BCUT2D eigenvalue weighted by atomic mass is 19.1. The number of fused-ring (bicyclic) bond motifs is 1. The number of non-ortho nitro benzene ring substituents is 1. The van der Waals surface area contributed by atoms with Crippen LogP contribution in [0.5, 0.6) is 11.5 Å². The number of anilines is 1. The van der Waals surface area contributed by atoms with Crippen LogP contribution in [0.25, 0.3) is 0 Å². The zero-order chi connectivity index (χ0) is 17.3. The first-order chi connectivity index (χ1) is 11.5. The Morgan fingerprint density at radius 2 is 1.88 bits per heavy atom. The van der Waals surface area contributed by atoms with Crippen LogP contribution in [0.15, 0.2) is 36.4 Å². The normalized spacial score (nSPS) is 12.6. The highest BCUT2D eigenvalue weighted by Gasteiger charge is 2.27. The molecule has 0 radical (unpaired) electrons. The highest BCUT2D eigenvalue weighted by molar-refractivity contribution is 6.08. The Morgan fingerprint density at radius 1 is 1.21 bits per heavy atom. The molecular weight excluding hydrogens is 319 g/mol. The van der Waals surface area contributed by atoms with Crippen molar-refractivity contribution in [2.75, 3.05) is 25.2 Å². The number of ether oxygens (including phenoxy) is 2. The molecule has 1 aliphatic rings. The van der Waals surface area contributed by atoms with Crippen LogP contribution in [-0.4, -0.2) is 31.1 Å². The Labute approximate surface area is 136 Å². The molecule has 0 saturated carbocycles. The molecule has 0 unspecified atom stereocenters. The van der Waals surface area contributed by atoms with Crippen LogP contribution in [-0.2, 0) is 0 Å². The van der Waals surface area contributed by atoms with E-state index in [0.717, 1.165) is 6.07 Å². The summed E-state index contributed by atoms with van der Waals surface area (Å²) in [4.78, 5) is 24.5. The third kappa shape index (κ3) is 2.85. The predicted molar refractivity (Wildman–Crippen MR) is 83.2 cm³/mol. The van der Waals surface area contributed by atoms with E-state index in [1.807, 2.05) is 0 Å². The van der Waals surface area contributed by atoms with Crippen LogP contribution in [0.4, 0.5) is 15.8 Å². The van der Waals surface area contributed by atoms with E-state index in [1.165, 1.54) is 42.3 Å². The lowest BCUT2D eigenvalue weighted by atomic mass is 10.1. The van der Waals surface area contributed by atoms with Crippen LogP contribution in [0.3, 0.4) is 0 Å². The quantitative estimate of drug-likeness (QED) is 0.637. The monoisotopic (exact) mass is 332 g/mol. The molecular formula is C16H13FN2O5. The maximum atomic E-state index is 13.0. The highest BCUT2D eigenvalue weighted by Crippen LogP contribution is 2.38. The van der Waals surface area contributed by atoms with Crippen LogP contribution in [0.1, 0.15) is 10.4 Å². The number of halogens is 1. The van der Waals surface area contributed by atoms with Gasteiger partial charge in [0, 0.05) is 18.8 Å². The standard InChI is InChI=1S/C16H13FN2O5/c1-18(11-4-2-10(17)3-5-11)16(20)13-8-12(19(21)22)9-14-15(13)24-7-6-23-14/h2-5,8-9H,6-7H2,1H3. The Kier molecular flexibility index (Phi) is 4.03. The summed E-state index contributed by atoms with van der Waals surface area (Å²) in [7, 11) is 1.49. The molecule has 0 saturated heterocycles. The Morgan fingerprint density at radius 3 is 2.54 bits per heavy atom. The molecule has 0 fully saturated rings. The molecule has 0 N–H and O–H groups in total. The van der Waals surface area contributed by atoms with Gasteiger partial charge in [-0.05, 0) is 24.3 Å². The lowest BCUT2D eigenvalue weighted by Crippen LogP contribution is -2.28. The number of carbonyl (C=O) groups excluding carboxylic acids is 1. The third-order valence-electron chi connectivity index (χ3n) is 3.59. The average molecular weight is 332 g/mol. The van der Waals surface area contributed by atoms with Gasteiger partial charge in [0.2, 0.25) is 0 Å². The second-order valence-corrected chi connectivity index (χ2v) is 5.12. The number of nitro benzene ring substituents is 1. The van der Waals surface area contributed by atoms with Crippen molar-refractivity contribution in [1.29, 1.82) is 0 Å². The van der Waals surface area contributed by atoms with Gasteiger partial charge in [0.05, 0.1) is 16.6 Å². The molecule has 1 aliphatic heterocycles. The van der Waals surface area contributed by atoms with Crippen molar-refractivity contribution in [3.05, 3.63) is 57.9 Å². The molecule has 3 rings (SSSR count). The second kappa shape index (κ2) is 6.15. The fraction of sp³-hybridized carbons (Fsp3) is 0.188. The molecule has 8 heteroatoms. The van der Waals surface area contributed by atoms with E-state index in [0.29, 0.717) is 5.69 Å². The number of benzene rings is 2. The first-order valence-electron chi connectivity index (χ1n) is 7.09. The van der Waals surface area contributed by atoms with E-state index in [2.05, 4.69) is 0 Å². The Balaban J connectivity index is 2.03. The van der Waals surface area contributed by atoms with Crippen molar-refractivity contribution in [3.63, 3.8) is 0 Å². The van der Waals surface area contributed by atoms with Crippen LogP contribution in [0.2, 0.25) is 0 Å². The van der Waals surface area contributed by atoms with Gasteiger partial charge in [-0.1, -0.05) is 0 Å². The minimum absolute atomic E-state index is 0.0192. The summed E-state index contributed by atoms with van der Waals surface area (Å²) in [5.74, 6) is -0.617. The molecule has 2 aromatic rings. The van der Waals surface area contributed by atoms with E-state index in [4.69, 9.17) is 9.47 Å². The van der Waals surface area contributed by atoms with E-state index < -0.39 is 16.6 Å². The molecule has 7 nitrogen and oxygen atoms in total. The van der Waals surface area contributed by atoms with Crippen molar-refractivity contribution >= 4 is 17.3 Å². The van der Waals surface area contributed by atoms with Gasteiger partial charge in [0.25, 0.3) is 11.6 Å². The zero-order valence-electron chi connectivity index (χ0n) is 12.7. The van der Waals surface area contributed by atoms with Gasteiger partial charge >= 0.3 is 0 Å². The van der Waals surface area contributed by atoms with Crippen molar-refractivity contribution in [3.8, 4) is 11.5 Å². The minimum Gasteiger partial charge on any atom is -0.486 e. The van der Waals surface area contributed by atoms with E-state index in [-0.39, 0.29) is 36.0 Å². The molecule has 24 heavy (non-hydrogen) atoms. The van der Waals surface area contributed by atoms with E-state index in [1.54, 1.807) is 0 Å². The number of hydrogen-bond acceptors (Lipinski definition) is 5. The van der Waals surface area contributed by atoms with E-state index in [9.17, 15) is 19.3 Å². The summed E-state index contributed by atoms with van der Waals surface area (Å²) >= 11 is 0. The maximum absolute atomic E-state index is 13.0. The average Bonchev–Trinajstić information content (AvgIpc) is 2.60. The summed E-state index contributed by atoms with van der Waals surface area (Å²) in [6.07, 6.45) is 0. The minimum atomic E-state index is -0.604. The molecule has 1 heterocycles. The number of nitrogens with zero attached hydrogens (tertiary/aromatic N) is 2. The van der Waals surface area contributed by atoms with Gasteiger partial charge in [-0.2, -0.15) is 0 Å².